The first kappa shape index (κ1) is 9.38. The first-order valence-corrected chi connectivity index (χ1v) is 5.12. The van der Waals surface area contributed by atoms with Crippen molar-refractivity contribution in [1.29, 1.82) is 0 Å². The van der Waals surface area contributed by atoms with E-state index in [0.717, 1.165) is 12.2 Å². The minimum absolute atomic E-state index is 0.684. The number of nitrogens with zero attached hydrogens (tertiary/aromatic N) is 1. The van der Waals surface area contributed by atoms with Crippen LogP contribution < -0.4 is 0 Å². The third kappa shape index (κ3) is 1.57. The first-order chi connectivity index (χ1) is 6.74. The van der Waals surface area contributed by atoms with Gasteiger partial charge in [0, 0.05) is 12.2 Å². The maximum absolute atomic E-state index is 5.31. The number of rotatable bonds is 2. The van der Waals surface area contributed by atoms with Crippen molar-refractivity contribution in [2.75, 3.05) is 7.11 Å². The minimum Gasteiger partial charge on any atom is -0.499 e. The molecule has 2 nitrogen and oxygen atoms in total. The minimum atomic E-state index is 0.684. The lowest BCUT2D eigenvalue weighted by molar-refractivity contribution is 0.271. The SMILES string of the molecule is C=C1CC=CN(C2CC2)/C1=C(/C)OC. The van der Waals surface area contributed by atoms with Crippen LogP contribution in [0.3, 0.4) is 0 Å². The maximum atomic E-state index is 5.31. The third-order valence-corrected chi connectivity index (χ3v) is 2.80. The van der Waals surface area contributed by atoms with Crippen LogP contribution in [0.5, 0.6) is 0 Å². The summed E-state index contributed by atoms with van der Waals surface area (Å²) in [6, 6.07) is 0.684. The monoisotopic (exact) mass is 191 g/mol. The highest BCUT2D eigenvalue weighted by Crippen LogP contribution is 2.36. The van der Waals surface area contributed by atoms with E-state index >= 15 is 0 Å². The van der Waals surface area contributed by atoms with Gasteiger partial charge in [-0.3, -0.25) is 0 Å². The quantitative estimate of drug-likeness (QED) is 0.622. The van der Waals surface area contributed by atoms with Crippen LogP contribution >= 0.6 is 0 Å². The highest BCUT2D eigenvalue weighted by atomic mass is 16.5. The molecule has 0 unspecified atom stereocenters. The Morgan fingerprint density at radius 2 is 2.29 bits per heavy atom. The van der Waals surface area contributed by atoms with Gasteiger partial charge in [0.1, 0.15) is 5.76 Å². The Morgan fingerprint density at radius 3 is 2.86 bits per heavy atom. The molecule has 76 valence electrons. The van der Waals surface area contributed by atoms with Gasteiger partial charge in [-0.25, -0.2) is 0 Å². The lowest BCUT2D eigenvalue weighted by Gasteiger charge is -2.29. The largest absolute Gasteiger partial charge is 0.499 e. The van der Waals surface area contributed by atoms with Gasteiger partial charge < -0.3 is 9.64 Å². The Morgan fingerprint density at radius 1 is 1.57 bits per heavy atom. The molecule has 0 aromatic heterocycles. The summed E-state index contributed by atoms with van der Waals surface area (Å²) in [4.78, 5) is 2.31. The first-order valence-electron chi connectivity index (χ1n) is 5.12. The van der Waals surface area contributed by atoms with Crippen LogP contribution in [0, 0.1) is 0 Å². The molecule has 0 saturated heterocycles. The van der Waals surface area contributed by atoms with Crippen molar-refractivity contribution in [3.05, 3.63) is 35.9 Å². The average Bonchev–Trinajstić information content (AvgIpc) is 2.99. The van der Waals surface area contributed by atoms with E-state index in [0.29, 0.717) is 6.04 Å². The van der Waals surface area contributed by atoms with Gasteiger partial charge in [0.25, 0.3) is 0 Å². The van der Waals surface area contributed by atoms with E-state index in [1.165, 1.54) is 24.1 Å². The zero-order valence-electron chi connectivity index (χ0n) is 8.92. The number of hydrogen-bond donors (Lipinski definition) is 0. The fraction of sp³-hybridized carbons (Fsp3) is 0.500. The molecule has 1 heterocycles. The summed E-state index contributed by atoms with van der Waals surface area (Å²) in [5.41, 5.74) is 2.36. The van der Waals surface area contributed by atoms with Crippen molar-refractivity contribution in [1.82, 2.24) is 4.90 Å². The maximum Gasteiger partial charge on any atom is 0.116 e. The summed E-state index contributed by atoms with van der Waals surface area (Å²) < 4.78 is 5.31. The van der Waals surface area contributed by atoms with E-state index < -0.39 is 0 Å². The van der Waals surface area contributed by atoms with Crippen LogP contribution in [0.1, 0.15) is 26.2 Å². The van der Waals surface area contributed by atoms with Gasteiger partial charge in [-0.05, 0) is 31.8 Å². The van der Waals surface area contributed by atoms with Gasteiger partial charge in [-0.2, -0.15) is 0 Å². The van der Waals surface area contributed by atoms with E-state index in [-0.39, 0.29) is 0 Å². The normalized spacial score (nSPS) is 25.3. The Kier molecular flexibility index (Phi) is 2.36. The highest BCUT2D eigenvalue weighted by molar-refractivity contribution is 5.36. The van der Waals surface area contributed by atoms with Gasteiger partial charge in [0.05, 0.1) is 12.8 Å². The van der Waals surface area contributed by atoms with Crippen molar-refractivity contribution in [2.24, 2.45) is 0 Å². The molecule has 2 heteroatoms. The fourth-order valence-electron chi connectivity index (χ4n) is 1.85. The lowest BCUT2D eigenvalue weighted by Crippen LogP contribution is -2.24. The van der Waals surface area contributed by atoms with Crippen molar-refractivity contribution < 1.29 is 4.74 Å². The lowest BCUT2D eigenvalue weighted by atomic mass is 10.1. The molecule has 2 aliphatic rings. The summed E-state index contributed by atoms with van der Waals surface area (Å²) in [6.45, 7) is 6.10. The summed E-state index contributed by atoms with van der Waals surface area (Å²) in [6.07, 6.45) is 7.87. The summed E-state index contributed by atoms with van der Waals surface area (Å²) in [5.74, 6) is 0.978. The number of ether oxygens (including phenoxy) is 1. The second kappa shape index (κ2) is 3.52. The van der Waals surface area contributed by atoms with Crippen LogP contribution in [0.25, 0.3) is 0 Å². The van der Waals surface area contributed by atoms with E-state index in [1.807, 2.05) is 6.92 Å². The van der Waals surface area contributed by atoms with Gasteiger partial charge in [0.2, 0.25) is 0 Å². The summed E-state index contributed by atoms with van der Waals surface area (Å²) in [5, 5.41) is 0. The molecule has 1 aliphatic heterocycles. The van der Waals surface area contributed by atoms with Crippen LogP contribution in [0.2, 0.25) is 0 Å². The van der Waals surface area contributed by atoms with Gasteiger partial charge in [0.15, 0.2) is 0 Å². The molecule has 0 N–H and O–H groups in total. The Balaban J connectivity index is 2.32. The molecule has 0 bridgehead atoms. The number of methoxy groups -OCH3 is 1. The molecule has 1 saturated carbocycles. The van der Waals surface area contributed by atoms with E-state index in [2.05, 4.69) is 23.8 Å². The molecule has 0 aromatic carbocycles. The smallest absolute Gasteiger partial charge is 0.116 e. The van der Waals surface area contributed by atoms with E-state index in [1.54, 1.807) is 7.11 Å². The third-order valence-electron chi connectivity index (χ3n) is 2.80. The van der Waals surface area contributed by atoms with E-state index in [9.17, 15) is 0 Å². The second-order valence-electron chi connectivity index (χ2n) is 3.94. The molecule has 14 heavy (non-hydrogen) atoms. The highest BCUT2D eigenvalue weighted by Gasteiger charge is 2.32. The number of hydrogen-bond acceptors (Lipinski definition) is 2. The molecular weight excluding hydrogens is 174 g/mol. The molecule has 2 rings (SSSR count). The van der Waals surface area contributed by atoms with Gasteiger partial charge in [-0.1, -0.05) is 12.7 Å². The van der Waals surface area contributed by atoms with Crippen LogP contribution in [-0.2, 0) is 4.74 Å². The van der Waals surface area contributed by atoms with Crippen LogP contribution in [0.15, 0.2) is 35.9 Å². The molecule has 1 aliphatic carbocycles. The van der Waals surface area contributed by atoms with Crippen LogP contribution in [0.4, 0.5) is 0 Å². The molecule has 0 spiro atoms. The standard InChI is InChI=1S/C12H17NO/c1-9-5-4-8-13(11-6-7-11)12(9)10(2)14-3/h4,8,11H,1,5-7H2,2-3H3/b12-10-. The summed E-state index contributed by atoms with van der Waals surface area (Å²) in [7, 11) is 1.72. The molecule has 1 fully saturated rings. The van der Waals surface area contributed by atoms with Crippen molar-refractivity contribution in [3.8, 4) is 0 Å². The fourth-order valence-corrected chi connectivity index (χ4v) is 1.85. The number of allylic oxidation sites excluding steroid dienone is 3. The molecule has 0 aromatic rings. The van der Waals surface area contributed by atoms with Gasteiger partial charge in [-0.15, -0.1) is 0 Å². The molecule has 0 amide bonds. The molecule has 0 radical (unpaired) electrons. The van der Waals surface area contributed by atoms with Crippen molar-refractivity contribution in [2.45, 2.75) is 32.2 Å². The molecule has 0 atom stereocenters. The predicted octanol–water partition coefficient (Wildman–Crippen LogP) is 2.80. The summed E-state index contributed by atoms with van der Waals surface area (Å²) >= 11 is 0. The zero-order valence-corrected chi connectivity index (χ0v) is 8.92. The topological polar surface area (TPSA) is 12.5 Å². The Bertz CT molecular complexity index is 310. The Hall–Kier alpha value is -1.18. The van der Waals surface area contributed by atoms with Crippen molar-refractivity contribution >= 4 is 0 Å². The zero-order chi connectivity index (χ0) is 10.1. The predicted molar refractivity (Wildman–Crippen MR) is 57.5 cm³/mol. The second-order valence-corrected chi connectivity index (χ2v) is 3.94. The Labute approximate surface area is 85.5 Å². The van der Waals surface area contributed by atoms with Gasteiger partial charge >= 0.3 is 0 Å². The van der Waals surface area contributed by atoms with Crippen LogP contribution in [-0.4, -0.2) is 18.1 Å². The van der Waals surface area contributed by atoms with Crippen molar-refractivity contribution in [3.63, 3.8) is 0 Å². The van der Waals surface area contributed by atoms with E-state index in [4.69, 9.17) is 4.74 Å². The molecular formula is C12H17NO. The average molecular weight is 191 g/mol.